The first-order valence-electron chi connectivity index (χ1n) is 6.58. The Balaban J connectivity index is 1.86. The number of hydrogen-bond donors (Lipinski definition) is 2. The van der Waals surface area contributed by atoms with E-state index in [0.717, 1.165) is 16.4 Å². The molecule has 0 aliphatic heterocycles. The second-order valence-electron chi connectivity index (χ2n) is 4.70. The fourth-order valence-corrected chi connectivity index (χ4v) is 2.97. The largest absolute Gasteiger partial charge is 0.325 e. The van der Waals surface area contributed by atoms with Crippen molar-refractivity contribution >= 4 is 22.9 Å². The topological polar surface area (TPSA) is 54.0 Å². The SMILES string of the molecule is Cc1nc(C)c(C(C)NCC(=O)Nc2ccccc2)s1. The van der Waals surface area contributed by atoms with Crippen LogP contribution >= 0.6 is 11.3 Å². The molecule has 1 aromatic carbocycles. The van der Waals surface area contributed by atoms with Crippen molar-refractivity contribution in [3.63, 3.8) is 0 Å². The van der Waals surface area contributed by atoms with E-state index < -0.39 is 0 Å². The molecule has 4 nitrogen and oxygen atoms in total. The van der Waals surface area contributed by atoms with Crippen LogP contribution in [0.25, 0.3) is 0 Å². The van der Waals surface area contributed by atoms with Gasteiger partial charge >= 0.3 is 0 Å². The molecule has 0 saturated carbocycles. The Kier molecular flexibility index (Phi) is 4.87. The first kappa shape index (κ1) is 14.7. The summed E-state index contributed by atoms with van der Waals surface area (Å²) in [6.45, 7) is 6.33. The molecule has 20 heavy (non-hydrogen) atoms. The molecule has 0 aliphatic rings. The van der Waals surface area contributed by atoms with Crippen molar-refractivity contribution in [3.8, 4) is 0 Å². The lowest BCUT2D eigenvalue weighted by molar-refractivity contribution is -0.115. The van der Waals surface area contributed by atoms with Crippen LogP contribution in [0.3, 0.4) is 0 Å². The summed E-state index contributed by atoms with van der Waals surface area (Å²) in [4.78, 5) is 17.4. The average Bonchev–Trinajstić information content (AvgIpc) is 2.76. The molecule has 1 atom stereocenters. The Bertz CT molecular complexity index is 580. The molecule has 1 aromatic heterocycles. The van der Waals surface area contributed by atoms with Gasteiger partial charge in [-0.15, -0.1) is 11.3 Å². The smallest absolute Gasteiger partial charge is 0.238 e. The zero-order valence-corrected chi connectivity index (χ0v) is 12.8. The third-order valence-corrected chi connectivity index (χ3v) is 4.21. The molecule has 2 aromatic rings. The zero-order chi connectivity index (χ0) is 14.5. The summed E-state index contributed by atoms with van der Waals surface area (Å²) < 4.78 is 0. The third-order valence-electron chi connectivity index (χ3n) is 2.96. The summed E-state index contributed by atoms with van der Waals surface area (Å²) in [5.41, 5.74) is 1.85. The van der Waals surface area contributed by atoms with Gasteiger partial charge in [0.05, 0.1) is 17.2 Å². The number of nitrogens with one attached hydrogen (secondary N) is 2. The van der Waals surface area contributed by atoms with E-state index in [2.05, 4.69) is 22.5 Å². The first-order valence-corrected chi connectivity index (χ1v) is 7.40. The van der Waals surface area contributed by atoms with Crippen LogP contribution in [0.2, 0.25) is 0 Å². The molecule has 1 amide bonds. The molecule has 0 fully saturated rings. The molecule has 0 aliphatic carbocycles. The third kappa shape index (κ3) is 3.88. The highest BCUT2D eigenvalue weighted by molar-refractivity contribution is 7.11. The molecule has 2 N–H and O–H groups in total. The van der Waals surface area contributed by atoms with Gasteiger partial charge in [-0.25, -0.2) is 4.98 Å². The summed E-state index contributed by atoms with van der Waals surface area (Å²) in [7, 11) is 0. The summed E-state index contributed by atoms with van der Waals surface area (Å²) >= 11 is 1.67. The second kappa shape index (κ2) is 6.63. The summed E-state index contributed by atoms with van der Waals surface area (Å²) in [5, 5.41) is 7.14. The number of amides is 1. The Morgan fingerprint density at radius 1 is 1.30 bits per heavy atom. The fourth-order valence-electron chi connectivity index (χ4n) is 2.01. The van der Waals surface area contributed by atoms with Gasteiger partial charge < -0.3 is 10.6 Å². The molecule has 1 heterocycles. The molecule has 5 heteroatoms. The van der Waals surface area contributed by atoms with Crippen LogP contribution in [0, 0.1) is 13.8 Å². The number of aryl methyl sites for hydroxylation is 2. The lowest BCUT2D eigenvalue weighted by atomic mass is 10.2. The number of benzene rings is 1. The maximum absolute atomic E-state index is 11.9. The zero-order valence-electron chi connectivity index (χ0n) is 11.9. The molecule has 2 rings (SSSR count). The number of nitrogens with zero attached hydrogens (tertiary/aromatic N) is 1. The van der Waals surface area contributed by atoms with Gasteiger partial charge in [-0.1, -0.05) is 18.2 Å². The van der Waals surface area contributed by atoms with Crippen molar-refractivity contribution in [3.05, 3.63) is 45.9 Å². The van der Waals surface area contributed by atoms with Gasteiger partial charge in [-0.2, -0.15) is 0 Å². The molecular weight excluding hydrogens is 270 g/mol. The number of rotatable bonds is 5. The Morgan fingerprint density at radius 2 is 2.00 bits per heavy atom. The minimum atomic E-state index is -0.0399. The van der Waals surface area contributed by atoms with Crippen molar-refractivity contribution < 1.29 is 4.79 Å². The maximum Gasteiger partial charge on any atom is 0.238 e. The number of carbonyl (C=O) groups is 1. The molecule has 0 bridgehead atoms. The van der Waals surface area contributed by atoms with Gasteiger partial charge in [0.25, 0.3) is 0 Å². The highest BCUT2D eigenvalue weighted by atomic mass is 32.1. The number of thiazole rings is 1. The van der Waals surface area contributed by atoms with Crippen LogP contribution in [0.5, 0.6) is 0 Å². The predicted molar refractivity (Wildman–Crippen MR) is 83.1 cm³/mol. The number of carbonyl (C=O) groups excluding carboxylic acids is 1. The average molecular weight is 289 g/mol. The number of anilines is 1. The number of aromatic nitrogens is 1. The van der Waals surface area contributed by atoms with Gasteiger partial charge in [0.1, 0.15) is 0 Å². The van der Waals surface area contributed by atoms with E-state index in [0.29, 0.717) is 0 Å². The van der Waals surface area contributed by atoms with Gasteiger partial charge in [0, 0.05) is 16.6 Å². The van der Waals surface area contributed by atoms with Crippen molar-refractivity contribution in [1.29, 1.82) is 0 Å². The van der Waals surface area contributed by atoms with E-state index in [1.165, 1.54) is 4.88 Å². The van der Waals surface area contributed by atoms with Crippen LogP contribution < -0.4 is 10.6 Å². The van der Waals surface area contributed by atoms with Crippen LogP contribution in [0.15, 0.2) is 30.3 Å². The van der Waals surface area contributed by atoms with Gasteiger partial charge in [-0.05, 0) is 32.9 Å². The van der Waals surface area contributed by atoms with E-state index >= 15 is 0 Å². The van der Waals surface area contributed by atoms with Gasteiger partial charge in [0.2, 0.25) is 5.91 Å². The quantitative estimate of drug-likeness (QED) is 0.889. The number of hydrogen-bond acceptors (Lipinski definition) is 4. The van der Waals surface area contributed by atoms with Crippen LogP contribution in [0.1, 0.15) is 28.5 Å². The second-order valence-corrected chi connectivity index (χ2v) is 5.93. The molecule has 0 spiro atoms. The minimum absolute atomic E-state index is 0.0399. The Hall–Kier alpha value is -1.72. The van der Waals surface area contributed by atoms with E-state index in [9.17, 15) is 4.79 Å². The summed E-state index contributed by atoms with van der Waals surface area (Å²) in [6.07, 6.45) is 0. The molecule has 0 radical (unpaired) electrons. The van der Waals surface area contributed by atoms with E-state index in [-0.39, 0.29) is 18.5 Å². The lowest BCUT2D eigenvalue weighted by Crippen LogP contribution is -2.30. The van der Waals surface area contributed by atoms with Crippen molar-refractivity contribution in [2.24, 2.45) is 0 Å². The highest BCUT2D eigenvalue weighted by Crippen LogP contribution is 2.24. The summed E-state index contributed by atoms with van der Waals surface area (Å²) in [5.74, 6) is -0.0399. The van der Waals surface area contributed by atoms with Crippen molar-refractivity contribution in [2.45, 2.75) is 26.8 Å². The predicted octanol–water partition coefficient (Wildman–Crippen LogP) is 3.05. The van der Waals surface area contributed by atoms with Gasteiger partial charge in [-0.3, -0.25) is 4.79 Å². The van der Waals surface area contributed by atoms with Crippen molar-refractivity contribution in [1.82, 2.24) is 10.3 Å². The van der Waals surface area contributed by atoms with Gasteiger partial charge in [0.15, 0.2) is 0 Å². The molecule has 1 unspecified atom stereocenters. The van der Waals surface area contributed by atoms with Crippen LogP contribution in [0.4, 0.5) is 5.69 Å². The Morgan fingerprint density at radius 3 is 2.60 bits per heavy atom. The number of para-hydroxylation sites is 1. The van der Waals surface area contributed by atoms with Crippen LogP contribution in [-0.4, -0.2) is 17.4 Å². The normalized spacial score (nSPS) is 12.2. The maximum atomic E-state index is 11.9. The van der Waals surface area contributed by atoms with E-state index in [4.69, 9.17) is 0 Å². The Labute approximate surface area is 123 Å². The van der Waals surface area contributed by atoms with E-state index in [1.54, 1.807) is 11.3 Å². The minimum Gasteiger partial charge on any atom is -0.325 e. The van der Waals surface area contributed by atoms with Crippen LogP contribution in [-0.2, 0) is 4.79 Å². The standard InChI is InChI=1S/C15H19N3OS/c1-10(15-11(2)17-12(3)20-15)16-9-14(19)18-13-7-5-4-6-8-13/h4-8,10,16H,9H2,1-3H3,(H,18,19). The highest BCUT2D eigenvalue weighted by Gasteiger charge is 2.13. The molecule has 0 saturated heterocycles. The fraction of sp³-hybridized carbons (Fsp3) is 0.333. The monoisotopic (exact) mass is 289 g/mol. The summed E-state index contributed by atoms with van der Waals surface area (Å²) in [6, 6.07) is 9.59. The first-order chi connectivity index (χ1) is 9.56. The molecule has 106 valence electrons. The van der Waals surface area contributed by atoms with E-state index in [1.807, 2.05) is 44.2 Å². The molecular formula is C15H19N3OS. The lowest BCUT2D eigenvalue weighted by Gasteiger charge is -2.12. The van der Waals surface area contributed by atoms with Crippen molar-refractivity contribution in [2.75, 3.05) is 11.9 Å².